The van der Waals surface area contributed by atoms with E-state index in [-0.39, 0.29) is 0 Å². The summed E-state index contributed by atoms with van der Waals surface area (Å²) in [7, 11) is 1.79. The summed E-state index contributed by atoms with van der Waals surface area (Å²) < 4.78 is 10.8. The van der Waals surface area contributed by atoms with Gasteiger partial charge in [0.2, 0.25) is 0 Å². The van der Waals surface area contributed by atoms with Crippen molar-refractivity contribution in [1.29, 1.82) is 5.26 Å². The van der Waals surface area contributed by atoms with E-state index in [4.69, 9.17) is 14.7 Å². The highest BCUT2D eigenvalue weighted by molar-refractivity contribution is 5.02. The Morgan fingerprint density at radius 1 is 1.19 bits per heavy atom. The zero-order valence-corrected chi connectivity index (χ0v) is 10.7. The number of nitriles is 1. The molecule has 4 nitrogen and oxygen atoms in total. The van der Waals surface area contributed by atoms with Gasteiger partial charge in [-0.25, -0.2) is 0 Å². The third-order valence-electron chi connectivity index (χ3n) is 2.56. The predicted molar refractivity (Wildman–Crippen MR) is 64.2 cm³/mol. The average Bonchev–Trinajstić information content (AvgIpc) is 2.32. The van der Waals surface area contributed by atoms with Gasteiger partial charge in [-0.2, -0.15) is 5.26 Å². The summed E-state index contributed by atoms with van der Waals surface area (Å²) in [5, 5.41) is 11.9. The van der Waals surface area contributed by atoms with E-state index in [1.807, 2.05) is 6.92 Å². The van der Waals surface area contributed by atoms with Gasteiger partial charge in [0.25, 0.3) is 0 Å². The normalized spacial score (nSPS) is 14.4. The first-order chi connectivity index (χ1) is 7.68. The highest BCUT2D eigenvalue weighted by Gasteiger charge is 2.20. The first-order valence-electron chi connectivity index (χ1n) is 5.94. The topological polar surface area (TPSA) is 54.3 Å². The molecule has 0 amide bonds. The Kier molecular flexibility index (Phi) is 9.21. The Hall–Kier alpha value is -0.630. The van der Waals surface area contributed by atoms with Crippen molar-refractivity contribution < 1.29 is 9.47 Å². The summed E-state index contributed by atoms with van der Waals surface area (Å²) >= 11 is 0. The summed E-state index contributed by atoms with van der Waals surface area (Å²) in [4.78, 5) is 0. The van der Waals surface area contributed by atoms with Crippen molar-refractivity contribution in [2.24, 2.45) is 0 Å². The van der Waals surface area contributed by atoms with Gasteiger partial charge in [0, 0.05) is 19.6 Å². The van der Waals surface area contributed by atoms with Gasteiger partial charge in [-0.15, -0.1) is 0 Å². The number of nitrogens with zero attached hydrogens (tertiary/aromatic N) is 1. The standard InChI is InChI=1S/C12H24N2O2/c1-4-5-7-15-9-10-16-8-6-12(2,11-13)14-3/h14H,4-10H2,1-3H3. The molecule has 0 aliphatic heterocycles. The monoisotopic (exact) mass is 228 g/mol. The summed E-state index contributed by atoms with van der Waals surface area (Å²) in [5.41, 5.74) is -0.483. The molecule has 0 heterocycles. The third-order valence-corrected chi connectivity index (χ3v) is 2.56. The van der Waals surface area contributed by atoms with Gasteiger partial charge in [0.05, 0.1) is 19.3 Å². The molecule has 1 unspecified atom stereocenters. The number of nitrogens with one attached hydrogen (secondary N) is 1. The Bertz CT molecular complexity index is 204. The van der Waals surface area contributed by atoms with Crippen LogP contribution < -0.4 is 5.32 Å². The summed E-state index contributed by atoms with van der Waals surface area (Å²) in [5.74, 6) is 0. The fourth-order valence-electron chi connectivity index (χ4n) is 1.08. The lowest BCUT2D eigenvalue weighted by Crippen LogP contribution is -2.39. The molecule has 0 aliphatic rings. The lowest BCUT2D eigenvalue weighted by atomic mass is 10.0. The lowest BCUT2D eigenvalue weighted by Gasteiger charge is -2.20. The number of hydrogen-bond donors (Lipinski definition) is 1. The van der Waals surface area contributed by atoms with Crippen molar-refractivity contribution in [3.05, 3.63) is 0 Å². The Balaban J connectivity index is 3.30. The van der Waals surface area contributed by atoms with Crippen LogP contribution in [0.1, 0.15) is 33.1 Å². The molecule has 0 bridgehead atoms. The van der Waals surface area contributed by atoms with E-state index >= 15 is 0 Å². The number of rotatable bonds is 10. The second-order valence-electron chi connectivity index (χ2n) is 4.02. The smallest absolute Gasteiger partial charge is 0.105 e. The fourth-order valence-corrected chi connectivity index (χ4v) is 1.08. The molecule has 0 aromatic rings. The van der Waals surface area contributed by atoms with Gasteiger partial charge in [-0.05, 0) is 20.4 Å². The molecule has 0 aromatic carbocycles. The Labute approximate surface area is 98.9 Å². The van der Waals surface area contributed by atoms with Crippen molar-refractivity contribution >= 4 is 0 Å². The van der Waals surface area contributed by atoms with Crippen LogP contribution in [0.2, 0.25) is 0 Å². The fraction of sp³-hybridized carbons (Fsp3) is 0.917. The van der Waals surface area contributed by atoms with E-state index in [1.165, 1.54) is 0 Å². The molecule has 1 N–H and O–H groups in total. The molecule has 94 valence electrons. The maximum atomic E-state index is 8.89. The predicted octanol–water partition coefficient (Wildman–Crippen LogP) is 1.71. The minimum atomic E-state index is -0.483. The van der Waals surface area contributed by atoms with Crippen LogP contribution in [0.3, 0.4) is 0 Å². The van der Waals surface area contributed by atoms with Crippen LogP contribution >= 0.6 is 0 Å². The second kappa shape index (κ2) is 9.59. The van der Waals surface area contributed by atoms with Crippen molar-refractivity contribution in [1.82, 2.24) is 5.32 Å². The highest BCUT2D eigenvalue weighted by atomic mass is 16.5. The number of unbranched alkanes of at least 4 members (excludes halogenated alkanes) is 1. The molecule has 0 saturated carbocycles. The van der Waals surface area contributed by atoms with Crippen molar-refractivity contribution in [2.45, 2.75) is 38.6 Å². The molecule has 0 spiro atoms. The molecule has 0 aliphatic carbocycles. The molecule has 1 atom stereocenters. The van der Waals surface area contributed by atoms with E-state index in [2.05, 4.69) is 18.3 Å². The van der Waals surface area contributed by atoms with Crippen LogP contribution in [0.25, 0.3) is 0 Å². The molecule has 0 fully saturated rings. The van der Waals surface area contributed by atoms with Gasteiger partial charge in [-0.1, -0.05) is 13.3 Å². The van der Waals surface area contributed by atoms with Gasteiger partial charge in [0.1, 0.15) is 5.54 Å². The molecule has 0 rings (SSSR count). The first-order valence-corrected chi connectivity index (χ1v) is 5.94. The second-order valence-corrected chi connectivity index (χ2v) is 4.02. The maximum absolute atomic E-state index is 8.89. The van der Waals surface area contributed by atoms with E-state index in [1.54, 1.807) is 7.05 Å². The molecular weight excluding hydrogens is 204 g/mol. The molecule has 4 heteroatoms. The molecular formula is C12H24N2O2. The molecule has 16 heavy (non-hydrogen) atoms. The summed E-state index contributed by atoms with van der Waals surface area (Å²) in [6, 6.07) is 2.22. The average molecular weight is 228 g/mol. The van der Waals surface area contributed by atoms with E-state index in [0.29, 0.717) is 26.2 Å². The SMILES string of the molecule is CCCCOCCOCCC(C)(C#N)NC. The summed E-state index contributed by atoms with van der Waals surface area (Å²) in [6.07, 6.45) is 2.95. The van der Waals surface area contributed by atoms with Crippen molar-refractivity contribution in [3.63, 3.8) is 0 Å². The van der Waals surface area contributed by atoms with E-state index in [9.17, 15) is 0 Å². The quantitative estimate of drug-likeness (QED) is 0.578. The Morgan fingerprint density at radius 2 is 1.81 bits per heavy atom. The van der Waals surface area contributed by atoms with Gasteiger partial charge in [0.15, 0.2) is 0 Å². The van der Waals surface area contributed by atoms with Crippen LogP contribution in [0, 0.1) is 11.3 Å². The van der Waals surface area contributed by atoms with Crippen molar-refractivity contribution in [3.8, 4) is 6.07 Å². The van der Waals surface area contributed by atoms with Crippen LogP contribution in [0.15, 0.2) is 0 Å². The Morgan fingerprint density at radius 3 is 2.31 bits per heavy atom. The van der Waals surface area contributed by atoms with Gasteiger partial charge < -0.3 is 14.8 Å². The van der Waals surface area contributed by atoms with Gasteiger partial charge in [-0.3, -0.25) is 0 Å². The lowest BCUT2D eigenvalue weighted by molar-refractivity contribution is 0.0418. The highest BCUT2D eigenvalue weighted by Crippen LogP contribution is 2.06. The zero-order valence-electron chi connectivity index (χ0n) is 10.7. The molecule has 0 saturated heterocycles. The molecule has 0 aromatic heterocycles. The summed E-state index contributed by atoms with van der Waals surface area (Å²) in [6.45, 7) is 6.65. The van der Waals surface area contributed by atoms with Crippen LogP contribution in [0.5, 0.6) is 0 Å². The van der Waals surface area contributed by atoms with Crippen LogP contribution in [0.4, 0.5) is 0 Å². The van der Waals surface area contributed by atoms with Gasteiger partial charge >= 0.3 is 0 Å². The number of ether oxygens (including phenoxy) is 2. The van der Waals surface area contributed by atoms with Crippen LogP contribution in [-0.4, -0.2) is 39.0 Å². The zero-order chi connectivity index (χ0) is 12.3. The first kappa shape index (κ1) is 15.4. The third kappa shape index (κ3) is 7.63. The molecule has 0 radical (unpaired) electrons. The van der Waals surface area contributed by atoms with E-state index < -0.39 is 5.54 Å². The van der Waals surface area contributed by atoms with Crippen LogP contribution in [-0.2, 0) is 9.47 Å². The van der Waals surface area contributed by atoms with Crippen molar-refractivity contribution in [2.75, 3.05) is 33.5 Å². The minimum Gasteiger partial charge on any atom is -0.379 e. The van der Waals surface area contributed by atoms with E-state index in [0.717, 1.165) is 19.4 Å². The maximum Gasteiger partial charge on any atom is 0.105 e. The largest absolute Gasteiger partial charge is 0.379 e. The number of hydrogen-bond acceptors (Lipinski definition) is 4. The minimum absolute atomic E-state index is 0.483.